The molecule has 3 rings (SSSR count). The Labute approximate surface area is 166 Å². The van der Waals surface area contributed by atoms with Gasteiger partial charge < -0.3 is 15.5 Å². The van der Waals surface area contributed by atoms with Gasteiger partial charge in [0.2, 0.25) is 5.91 Å². The van der Waals surface area contributed by atoms with Gasteiger partial charge >= 0.3 is 0 Å². The van der Waals surface area contributed by atoms with Gasteiger partial charge in [-0.25, -0.2) is 0 Å². The van der Waals surface area contributed by atoms with Crippen LogP contribution in [0, 0.1) is 6.92 Å². The second-order valence-electron chi connectivity index (χ2n) is 7.44. The monoisotopic (exact) mass is 380 g/mol. The van der Waals surface area contributed by atoms with Crippen LogP contribution in [0.4, 0.5) is 11.4 Å². The molecule has 1 saturated heterocycles. The number of anilines is 2. The Hall–Kier alpha value is -2.70. The summed E-state index contributed by atoms with van der Waals surface area (Å²) in [4.78, 5) is 28.8. The van der Waals surface area contributed by atoms with Crippen molar-refractivity contribution in [1.29, 1.82) is 0 Å². The first-order valence-electron chi connectivity index (χ1n) is 9.60. The average Bonchev–Trinajstić information content (AvgIpc) is 2.65. The van der Waals surface area contributed by atoms with Crippen molar-refractivity contribution in [1.82, 2.24) is 9.80 Å². The van der Waals surface area contributed by atoms with Gasteiger partial charge in [-0.1, -0.05) is 18.2 Å². The van der Waals surface area contributed by atoms with Gasteiger partial charge in [-0.15, -0.1) is 0 Å². The first kappa shape index (κ1) is 20.0. The number of amides is 2. The van der Waals surface area contributed by atoms with E-state index < -0.39 is 0 Å². The van der Waals surface area contributed by atoms with Crippen molar-refractivity contribution in [3.8, 4) is 0 Å². The Morgan fingerprint density at radius 2 is 1.75 bits per heavy atom. The maximum Gasteiger partial charge on any atom is 0.255 e. The smallest absolute Gasteiger partial charge is 0.255 e. The molecule has 0 unspecified atom stereocenters. The lowest BCUT2D eigenvalue weighted by Crippen LogP contribution is -2.43. The van der Waals surface area contributed by atoms with E-state index in [-0.39, 0.29) is 11.8 Å². The van der Waals surface area contributed by atoms with E-state index >= 15 is 0 Å². The minimum absolute atomic E-state index is 0.155. The highest BCUT2D eigenvalue weighted by molar-refractivity contribution is 6.05. The molecule has 0 aromatic heterocycles. The summed E-state index contributed by atoms with van der Waals surface area (Å²) in [6, 6.07) is 13.3. The number of piperazine rings is 1. The summed E-state index contributed by atoms with van der Waals surface area (Å²) in [5, 5.41) is 5.73. The molecule has 2 aromatic carbocycles. The molecule has 1 aliphatic heterocycles. The number of aryl methyl sites for hydroxylation is 1. The predicted octanol–water partition coefficient (Wildman–Crippen LogP) is 2.95. The van der Waals surface area contributed by atoms with Gasteiger partial charge in [-0.3, -0.25) is 14.5 Å². The number of nitrogens with zero attached hydrogens (tertiary/aromatic N) is 2. The highest BCUT2D eigenvalue weighted by atomic mass is 16.2. The summed E-state index contributed by atoms with van der Waals surface area (Å²) in [6.07, 6.45) is 0. The number of nitrogens with one attached hydrogen (secondary N) is 2. The molecule has 0 spiro atoms. The van der Waals surface area contributed by atoms with Gasteiger partial charge in [0.25, 0.3) is 5.91 Å². The predicted molar refractivity (Wildman–Crippen MR) is 113 cm³/mol. The molecular formula is C22H28N4O2. The molecule has 2 N–H and O–H groups in total. The number of carbonyl (C=O) groups is 2. The zero-order chi connectivity index (χ0) is 20.1. The van der Waals surface area contributed by atoms with Crippen LogP contribution in [0.15, 0.2) is 42.5 Å². The van der Waals surface area contributed by atoms with Crippen LogP contribution >= 0.6 is 0 Å². The lowest BCUT2D eigenvalue weighted by Gasteiger charge is -2.32. The van der Waals surface area contributed by atoms with Crippen LogP contribution in [0.3, 0.4) is 0 Å². The van der Waals surface area contributed by atoms with E-state index in [1.807, 2.05) is 31.2 Å². The maximum atomic E-state index is 12.7. The van der Waals surface area contributed by atoms with E-state index in [4.69, 9.17) is 0 Å². The number of benzene rings is 2. The van der Waals surface area contributed by atoms with Gasteiger partial charge in [0.1, 0.15) is 0 Å². The van der Waals surface area contributed by atoms with Crippen LogP contribution < -0.4 is 10.6 Å². The van der Waals surface area contributed by atoms with Crippen LogP contribution in [-0.2, 0) is 11.3 Å². The van der Waals surface area contributed by atoms with Gasteiger partial charge in [0.15, 0.2) is 0 Å². The molecule has 6 heteroatoms. The van der Waals surface area contributed by atoms with Gasteiger partial charge in [-0.2, -0.15) is 0 Å². The third-order valence-electron chi connectivity index (χ3n) is 5.00. The molecule has 1 aliphatic rings. The van der Waals surface area contributed by atoms with Gasteiger partial charge in [0.05, 0.1) is 0 Å². The second kappa shape index (κ2) is 8.99. The van der Waals surface area contributed by atoms with Gasteiger partial charge in [-0.05, 0) is 49.4 Å². The van der Waals surface area contributed by atoms with Crippen LogP contribution in [0.2, 0.25) is 0 Å². The van der Waals surface area contributed by atoms with Crippen molar-refractivity contribution in [3.05, 3.63) is 59.2 Å². The Balaban J connectivity index is 1.66. The Morgan fingerprint density at radius 3 is 2.46 bits per heavy atom. The van der Waals surface area contributed by atoms with Crippen molar-refractivity contribution in [2.75, 3.05) is 43.9 Å². The molecule has 1 fully saturated rings. The van der Waals surface area contributed by atoms with E-state index in [2.05, 4.69) is 33.5 Å². The third-order valence-corrected chi connectivity index (χ3v) is 5.00. The lowest BCUT2D eigenvalue weighted by atomic mass is 10.1. The molecule has 1 heterocycles. The number of carbonyl (C=O) groups excluding carboxylic acids is 2. The van der Waals surface area contributed by atoms with Crippen LogP contribution in [0.5, 0.6) is 0 Å². The number of rotatable bonds is 5. The standard InChI is InChI=1S/C22H28N4O2/c1-16-7-8-19(14-21(16)23-17(2)27)22(28)24-20-6-4-5-18(13-20)15-26-11-9-25(3)10-12-26/h4-8,13-14H,9-12,15H2,1-3H3,(H,23,27)(H,24,28). The summed E-state index contributed by atoms with van der Waals surface area (Å²) in [6.45, 7) is 8.52. The molecule has 6 nitrogen and oxygen atoms in total. The topological polar surface area (TPSA) is 64.7 Å². The van der Waals surface area contributed by atoms with Crippen molar-refractivity contribution in [2.24, 2.45) is 0 Å². The van der Waals surface area contributed by atoms with E-state index in [0.717, 1.165) is 44.0 Å². The first-order chi connectivity index (χ1) is 13.4. The first-order valence-corrected chi connectivity index (χ1v) is 9.60. The normalized spacial score (nSPS) is 15.2. The summed E-state index contributed by atoms with van der Waals surface area (Å²) < 4.78 is 0. The van der Waals surface area contributed by atoms with Crippen LogP contribution in [0.1, 0.15) is 28.4 Å². The summed E-state index contributed by atoms with van der Waals surface area (Å²) >= 11 is 0. The number of hydrogen-bond donors (Lipinski definition) is 2. The zero-order valence-electron chi connectivity index (χ0n) is 16.8. The molecule has 0 bridgehead atoms. The van der Waals surface area contributed by atoms with E-state index in [1.165, 1.54) is 12.5 Å². The van der Waals surface area contributed by atoms with E-state index in [0.29, 0.717) is 11.3 Å². The number of hydrogen-bond acceptors (Lipinski definition) is 4. The largest absolute Gasteiger partial charge is 0.326 e. The summed E-state index contributed by atoms with van der Waals surface area (Å²) in [7, 11) is 2.15. The van der Waals surface area contributed by atoms with Crippen molar-refractivity contribution < 1.29 is 9.59 Å². The zero-order valence-corrected chi connectivity index (χ0v) is 16.8. The van der Waals surface area contributed by atoms with Crippen LogP contribution in [0.25, 0.3) is 0 Å². The fourth-order valence-corrected chi connectivity index (χ4v) is 3.30. The quantitative estimate of drug-likeness (QED) is 0.837. The minimum atomic E-state index is -0.191. The number of likely N-dealkylation sites (N-methyl/N-ethyl adjacent to an activating group) is 1. The maximum absolute atomic E-state index is 12.7. The van der Waals surface area contributed by atoms with Crippen LogP contribution in [-0.4, -0.2) is 54.8 Å². The molecule has 2 aromatic rings. The Kier molecular flexibility index (Phi) is 6.44. The third kappa shape index (κ3) is 5.41. The second-order valence-corrected chi connectivity index (χ2v) is 7.44. The van der Waals surface area contributed by atoms with Crippen molar-refractivity contribution >= 4 is 23.2 Å². The van der Waals surface area contributed by atoms with E-state index in [9.17, 15) is 9.59 Å². The molecule has 2 amide bonds. The fourth-order valence-electron chi connectivity index (χ4n) is 3.30. The molecule has 0 saturated carbocycles. The molecule has 0 aliphatic carbocycles. The fraction of sp³-hybridized carbons (Fsp3) is 0.364. The minimum Gasteiger partial charge on any atom is -0.326 e. The van der Waals surface area contributed by atoms with Crippen molar-refractivity contribution in [2.45, 2.75) is 20.4 Å². The highest BCUT2D eigenvalue weighted by Gasteiger charge is 2.14. The molecule has 28 heavy (non-hydrogen) atoms. The Morgan fingerprint density at radius 1 is 1.00 bits per heavy atom. The Bertz CT molecular complexity index is 857. The summed E-state index contributed by atoms with van der Waals surface area (Å²) in [5.41, 5.74) is 4.05. The molecular weight excluding hydrogens is 352 g/mol. The SMILES string of the molecule is CC(=O)Nc1cc(C(=O)Nc2cccc(CN3CCN(C)CC3)c2)ccc1C. The van der Waals surface area contributed by atoms with E-state index in [1.54, 1.807) is 12.1 Å². The van der Waals surface area contributed by atoms with Gasteiger partial charge in [0, 0.05) is 56.6 Å². The lowest BCUT2D eigenvalue weighted by molar-refractivity contribution is -0.114. The highest BCUT2D eigenvalue weighted by Crippen LogP contribution is 2.19. The molecule has 0 radical (unpaired) electrons. The summed E-state index contributed by atoms with van der Waals surface area (Å²) in [5.74, 6) is -0.347. The molecule has 148 valence electrons. The molecule has 0 atom stereocenters. The van der Waals surface area contributed by atoms with Crippen molar-refractivity contribution in [3.63, 3.8) is 0 Å². The average molecular weight is 380 g/mol.